The van der Waals surface area contributed by atoms with Crippen molar-refractivity contribution in [3.05, 3.63) is 29.7 Å². The highest BCUT2D eigenvalue weighted by molar-refractivity contribution is 7.19. The van der Waals surface area contributed by atoms with Gasteiger partial charge in [0.1, 0.15) is 6.04 Å². The fraction of sp³-hybridized carbons (Fsp3) is 0.500. The second kappa shape index (κ2) is 7.50. The van der Waals surface area contributed by atoms with Gasteiger partial charge in [-0.3, -0.25) is 15.1 Å². The number of nitrogens with two attached hydrogens (primary N) is 1. The van der Waals surface area contributed by atoms with Crippen LogP contribution in [0.2, 0.25) is 0 Å². The summed E-state index contributed by atoms with van der Waals surface area (Å²) in [7, 11) is 0. The number of urea groups is 1. The van der Waals surface area contributed by atoms with E-state index in [0.29, 0.717) is 11.7 Å². The van der Waals surface area contributed by atoms with Crippen LogP contribution in [-0.4, -0.2) is 39.4 Å². The summed E-state index contributed by atoms with van der Waals surface area (Å²) in [5.41, 5.74) is 8.30. The number of pyridine rings is 1. The van der Waals surface area contributed by atoms with Crippen molar-refractivity contribution < 1.29 is 9.59 Å². The molecule has 2 atom stereocenters. The molecule has 0 unspecified atom stereocenters. The molecule has 8 heteroatoms. The van der Waals surface area contributed by atoms with E-state index in [0.717, 1.165) is 28.2 Å². The highest BCUT2D eigenvalue weighted by atomic mass is 32.1. The third-order valence-corrected chi connectivity index (χ3v) is 6.18. The lowest BCUT2D eigenvalue weighted by Gasteiger charge is -2.23. The molecule has 0 saturated carbocycles. The molecule has 0 spiro atoms. The van der Waals surface area contributed by atoms with E-state index in [1.54, 1.807) is 6.20 Å². The van der Waals surface area contributed by atoms with Crippen molar-refractivity contribution in [1.82, 2.24) is 14.9 Å². The van der Waals surface area contributed by atoms with Gasteiger partial charge in [0, 0.05) is 23.9 Å². The smallest absolute Gasteiger partial charge is 0.324 e. The number of thiazole rings is 1. The summed E-state index contributed by atoms with van der Waals surface area (Å²) in [5, 5.41) is 3.34. The summed E-state index contributed by atoms with van der Waals surface area (Å²) in [6.07, 6.45) is 2.56. The van der Waals surface area contributed by atoms with Gasteiger partial charge in [-0.15, -0.1) is 0 Å². The number of rotatable bonds is 3. The van der Waals surface area contributed by atoms with Crippen molar-refractivity contribution in [3.63, 3.8) is 0 Å². The normalized spacial score (nSPS) is 19.7. The Morgan fingerprint density at radius 3 is 2.71 bits per heavy atom. The van der Waals surface area contributed by atoms with E-state index in [-0.39, 0.29) is 17.4 Å². The van der Waals surface area contributed by atoms with Crippen LogP contribution in [0.4, 0.5) is 9.93 Å². The molecule has 28 heavy (non-hydrogen) atoms. The zero-order chi connectivity index (χ0) is 20.6. The van der Waals surface area contributed by atoms with E-state index >= 15 is 0 Å². The number of aryl methyl sites for hydroxylation is 1. The maximum atomic E-state index is 12.7. The second-order valence-electron chi connectivity index (χ2n) is 8.35. The van der Waals surface area contributed by atoms with Crippen LogP contribution >= 0.6 is 11.3 Å². The van der Waals surface area contributed by atoms with Crippen molar-refractivity contribution in [2.24, 2.45) is 11.7 Å². The number of amides is 3. The van der Waals surface area contributed by atoms with Crippen LogP contribution in [-0.2, 0) is 10.2 Å². The van der Waals surface area contributed by atoms with Crippen LogP contribution in [0.5, 0.6) is 0 Å². The number of anilines is 1. The van der Waals surface area contributed by atoms with E-state index in [2.05, 4.69) is 42.1 Å². The van der Waals surface area contributed by atoms with Crippen molar-refractivity contribution in [1.29, 1.82) is 0 Å². The number of primary amides is 1. The van der Waals surface area contributed by atoms with E-state index < -0.39 is 11.9 Å². The van der Waals surface area contributed by atoms with Crippen LogP contribution in [0, 0.1) is 12.8 Å². The first-order valence-electron chi connectivity index (χ1n) is 9.39. The largest absolute Gasteiger partial charge is 0.368 e. The summed E-state index contributed by atoms with van der Waals surface area (Å²) in [6, 6.07) is 3.11. The van der Waals surface area contributed by atoms with Crippen LogP contribution < -0.4 is 11.1 Å². The lowest BCUT2D eigenvalue weighted by atomic mass is 9.90. The van der Waals surface area contributed by atoms with Crippen molar-refractivity contribution in [2.45, 2.75) is 52.5 Å². The first-order valence-corrected chi connectivity index (χ1v) is 10.2. The first kappa shape index (κ1) is 20.3. The molecule has 1 aliphatic heterocycles. The predicted molar refractivity (Wildman–Crippen MR) is 111 cm³/mol. The van der Waals surface area contributed by atoms with E-state index in [4.69, 9.17) is 5.73 Å². The molecule has 1 saturated heterocycles. The molecule has 0 bridgehead atoms. The Balaban J connectivity index is 1.82. The molecule has 0 aromatic carbocycles. The van der Waals surface area contributed by atoms with E-state index in [1.165, 1.54) is 16.2 Å². The van der Waals surface area contributed by atoms with Gasteiger partial charge in [0.2, 0.25) is 5.91 Å². The van der Waals surface area contributed by atoms with Crippen LogP contribution in [0.3, 0.4) is 0 Å². The molecule has 7 nitrogen and oxygen atoms in total. The molecule has 3 N–H and O–H groups in total. The standard InChI is InChI=1S/C20H27N5O2S/c1-11-7-9-25(15(11)17(21)26)19(27)24-18-23-12(2)16(28-18)13-6-8-22-14(10-13)20(3,4)5/h6,8,10-11,15H,7,9H2,1-5H3,(H2,21,26)(H,23,24,27)/t11-,15+/m1/s1. The number of likely N-dealkylation sites (tertiary alicyclic amines) is 1. The summed E-state index contributed by atoms with van der Waals surface area (Å²) in [6.45, 7) is 10.7. The van der Waals surface area contributed by atoms with Gasteiger partial charge in [-0.1, -0.05) is 39.0 Å². The number of nitrogens with one attached hydrogen (secondary N) is 1. The van der Waals surface area contributed by atoms with Crippen LogP contribution in [0.25, 0.3) is 10.4 Å². The maximum absolute atomic E-state index is 12.7. The molecule has 0 aliphatic carbocycles. The molecule has 1 aliphatic rings. The Morgan fingerprint density at radius 2 is 2.07 bits per heavy atom. The molecular formula is C20H27N5O2S. The lowest BCUT2D eigenvalue weighted by molar-refractivity contribution is -0.122. The van der Waals surface area contributed by atoms with Crippen molar-refractivity contribution in [3.8, 4) is 10.4 Å². The fourth-order valence-corrected chi connectivity index (χ4v) is 4.42. The summed E-state index contributed by atoms with van der Waals surface area (Å²) in [5.74, 6) is -0.410. The van der Waals surface area contributed by atoms with Gasteiger partial charge < -0.3 is 10.6 Å². The van der Waals surface area contributed by atoms with Gasteiger partial charge in [-0.25, -0.2) is 9.78 Å². The average molecular weight is 402 g/mol. The number of nitrogens with zero attached hydrogens (tertiary/aromatic N) is 3. The summed E-state index contributed by atoms with van der Waals surface area (Å²) < 4.78 is 0. The quantitative estimate of drug-likeness (QED) is 0.821. The summed E-state index contributed by atoms with van der Waals surface area (Å²) >= 11 is 1.42. The highest BCUT2D eigenvalue weighted by Gasteiger charge is 2.38. The van der Waals surface area contributed by atoms with Gasteiger partial charge in [-0.2, -0.15) is 0 Å². The third-order valence-electron chi connectivity index (χ3n) is 5.05. The van der Waals surface area contributed by atoms with E-state index in [1.807, 2.05) is 19.9 Å². The van der Waals surface area contributed by atoms with Crippen LogP contribution in [0.1, 0.15) is 45.5 Å². The summed E-state index contributed by atoms with van der Waals surface area (Å²) in [4.78, 5) is 35.9. The number of aromatic nitrogens is 2. The molecule has 1 fully saturated rings. The third kappa shape index (κ3) is 4.01. The minimum absolute atomic E-state index is 0.0537. The highest BCUT2D eigenvalue weighted by Crippen LogP contribution is 2.35. The molecule has 3 amide bonds. The minimum atomic E-state index is -0.574. The van der Waals surface area contributed by atoms with E-state index in [9.17, 15) is 9.59 Å². The number of hydrogen-bond donors (Lipinski definition) is 2. The Hall–Kier alpha value is -2.48. The Morgan fingerprint density at radius 1 is 1.36 bits per heavy atom. The van der Waals surface area contributed by atoms with Gasteiger partial charge in [0.25, 0.3) is 0 Å². The minimum Gasteiger partial charge on any atom is -0.368 e. The lowest BCUT2D eigenvalue weighted by Crippen LogP contribution is -2.47. The zero-order valence-electron chi connectivity index (χ0n) is 16.9. The Kier molecular flexibility index (Phi) is 5.43. The molecule has 3 rings (SSSR count). The molecule has 2 aromatic rings. The number of carbonyl (C=O) groups is 2. The average Bonchev–Trinajstić information content (AvgIpc) is 3.17. The first-order chi connectivity index (χ1) is 13.1. The molecule has 0 radical (unpaired) electrons. The van der Waals surface area contributed by atoms with Gasteiger partial charge in [0.15, 0.2) is 5.13 Å². The molecule has 150 valence electrons. The Labute approximate surface area is 169 Å². The van der Waals surface area contributed by atoms with Gasteiger partial charge in [-0.05, 0) is 37.0 Å². The van der Waals surface area contributed by atoms with Crippen LogP contribution in [0.15, 0.2) is 18.3 Å². The number of hydrogen-bond acceptors (Lipinski definition) is 5. The predicted octanol–water partition coefficient (Wildman–Crippen LogP) is 3.54. The maximum Gasteiger partial charge on any atom is 0.324 e. The molecular weight excluding hydrogens is 374 g/mol. The molecule has 3 heterocycles. The topological polar surface area (TPSA) is 101 Å². The monoisotopic (exact) mass is 401 g/mol. The molecule has 2 aromatic heterocycles. The zero-order valence-corrected chi connectivity index (χ0v) is 17.8. The van der Waals surface area contributed by atoms with Gasteiger partial charge >= 0.3 is 6.03 Å². The Bertz CT molecular complexity index is 902. The fourth-order valence-electron chi connectivity index (χ4n) is 3.47. The SMILES string of the molecule is Cc1nc(NC(=O)N2CC[C@@H](C)[C@H]2C(N)=O)sc1-c1ccnc(C(C)(C)C)c1. The van der Waals surface area contributed by atoms with Crippen molar-refractivity contribution in [2.75, 3.05) is 11.9 Å². The van der Waals surface area contributed by atoms with Gasteiger partial charge in [0.05, 0.1) is 10.6 Å². The van der Waals surface area contributed by atoms with Crippen molar-refractivity contribution >= 4 is 28.4 Å². The second-order valence-corrected chi connectivity index (χ2v) is 9.35. The number of carbonyl (C=O) groups excluding carboxylic acids is 2.